The second-order valence-corrected chi connectivity index (χ2v) is 5.69. The number of benzene rings is 2. The van der Waals surface area contributed by atoms with Crippen LogP contribution in [0.4, 0.5) is 5.69 Å². The molecule has 0 amide bonds. The molecule has 0 saturated carbocycles. The molecule has 0 heterocycles. The van der Waals surface area contributed by atoms with Crippen LogP contribution < -0.4 is 10.6 Å². The minimum Gasteiger partial charge on any atom is -0.370 e. The zero-order valence-electron chi connectivity index (χ0n) is 10.7. The molecular formula is C15H16BrClN2. The zero-order chi connectivity index (χ0) is 13.8. The SMILES string of the molecule is CN(Cc1ccccc1Br)c1ccc(CN)c(Cl)c1. The first kappa shape index (κ1) is 14.4. The highest BCUT2D eigenvalue weighted by Gasteiger charge is 2.07. The van der Waals surface area contributed by atoms with E-state index < -0.39 is 0 Å². The standard InChI is InChI=1S/C15H16BrClN2/c1-19(10-12-4-2-3-5-14(12)16)13-7-6-11(9-18)15(17)8-13/h2-8H,9-10,18H2,1H3. The first-order valence-corrected chi connectivity index (χ1v) is 7.22. The van der Waals surface area contributed by atoms with Gasteiger partial charge in [0.15, 0.2) is 0 Å². The number of halogens is 2. The molecular weight excluding hydrogens is 324 g/mol. The summed E-state index contributed by atoms with van der Waals surface area (Å²) in [5.74, 6) is 0. The Bertz CT molecular complexity index is 572. The summed E-state index contributed by atoms with van der Waals surface area (Å²) in [5.41, 5.74) is 8.91. The molecule has 0 aliphatic carbocycles. The van der Waals surface area contributed by atoms with Gasteiger partial charge in [0.2, 0.25) is 0 Å². The lowest BCUT2D eigenvalue weighted by molar-refractivity contribution is 0.917. The van der Waals surface area contributed by atoms with Crippen molar-refractivity contribution in [3.8, 4) is 0 Å². The summed E-state index contributed by atoms with van der Waals surface area (Å²) in [7, 11) is 2.05. The van der Waals surface area contributed by atoms with E-state index in [1.54, 1.807) is 0 Å². The maximum Gasteiger partial charge on any atom is 0.0471 e. The molecule has 0 spiro atoms. The molecule has 2 aromatic carbocycles. The summed E-state index contributed by atoms with van der Waals surface area (Å²) >= 11 is 9.76. The quantitative estimate of drug-likeness (QED) is 0.904. The van der Waals surface area contributed by atoms with E-state index in [2.05, 4.69) is 26.9 Å². The molecule has 0 saturated heterocycles. The van der Waals surface area contributed by atoms with Crippen molar-refractivity contribution in [3.05, 3.63) is 63.1 Å². The van der Waals surface area contributed by atoms with E-state index in [0.29, 0.717) is 6.54 Å². The van der Waals surface area contributed by atoms with Gasteiger partial charge >= 0.3 is 0 Å². The van der Waals surface area contributed by atoms with Crippen LogP contribution in [0.3, 0.4) is 0 Å². The van der Waals surface area contributed by atoms with Crippen molar-refractivity contribution < 1.29 is 0 Å². The van der Waals surface area contributed by atoms with Gasteiger partial charge in [0.25, 0.3) is 0 Å². The number of nitrogens with zero attached hydrogens (tertiary/aromatic N) is 1. The molecule has 0 aromatic heterocycles. The van der Waals surface area contributed by atoms with E-state index in [1.807, 2.05) is 43.4 Å². The Labute approximate surface area is 127 Å². The predicted molar refractivity (Wildman–Crippen MR) is 85.6 cm³/mol. The summed E-state index contributed by atoms with van der Waals surface area (Å²) in [5, 5.41) is 0.721. The van der Waals surface area contributed by atoms with Crippen molar-refractivity contribution in [1.82, 2.24) is 0 Å². The summed E-state index contributed by atoms with van der Waals surface area (Å²) in [4.78, 5) is 2.16. The molecule has 0 radical (unpaired) electrons. The fraction of sp³-hybridized carbons (Fsp3) is 0.200. The van der Waals surface area contributed by atoms with Gasteiger partial charge in [-0.15, -0.1) is 0 Å². The van der Waals surface area contributed by atoms with E-state index >= 15 is 0 Å². The van der Waals surface area contributed by atoms with Gasteiger partial charge < -0.3 is 10.6 Å². The maximum absolute atomic E-state index is 6.19. The van der Waals surface area contributed by atoms with E-state index in [9.17, 15) is 0 Å². The van der Waals surface area contributed by atoms with Crippen molar-refractivity contribution in [2.45, 2.75) is 13.1 Å². The molecule has 2 N–H and O–H groups in total. The first-order chi connectivity index (χ1) is 9.11. The summed E-state index contributed by atoms with van der Waals surface area (Å²) < 4.78 is 1.12. The topological polar surface area (TPSA) is 29.3 Å². The van der Waals surface area contributed by atoms with Crippen molar-refractivity contribution in [2.24, 2.45) is 5.73 Å². The highest BCUT2D eigenvalue weighted by molar-refractivity contribution is 9.10. The number of hydrogen-bond donors (Lipinski definition) is 1. The normalized spacial score (nSPS) is 10.5. The molecule has 4 heteroatoms. The summed E-state index contributed by atoms with van der Waals surface area (Å²) in [6.45, 7) is 1.28. The van der Waals surface area contributed by atoms with Gasteiger partial charge in [-0.1, -0.05) is 51.8 Å². The van der Waals surface area contributed by atoms with Gasteiger partial charge in [0.05, 0.1) is 0 Å². The van der Waals surface area contributed by atoms with Crippen LogP contribution in [-0.2, 0) is 13.1 Å². The molecule has 100 valence electrons. The first-order valence-electron chi connectivity index (χ1n) is 6.05. The lowest BCUT2D eigenvalue weighted by atomic mass is 10.1. The van der Waals surface area contributed by atoms with Gasteiger partial charge in [-0.2, -0.15) is 0 Å². The van der Waals surface area contributed by atoms with Crippen LogP contribution >= 0.6 is 27.5 Å². The van der Waals surface area contributed by atoms with E-state index in [0.717, 1.165) is 27.3 Å². The Hall–Kier alpha value is -1.03. The highest BCUT2D eigenvalue weighted by atomic mass is 79.9. The largest absolute Gasteiger partial charge is 0.370 e. The monoisotopic (exact) mass is 338 g/mol. The molecule has 2 nitrogen and oxygen atoms in total. The highest BCUT2D eigenvalue weighted by Crippen LogP contribution is 2.25. The van der Waals surface area contributed by atoms with Crippen molar-refractivity contribution in [2.75, 3.05) is 11.9 Å². The Kier molecular flexibility index (Phi) is 4.86. The molecule has 0 bridgehead atoms. The lowest BCUT2D eigenvalue weighted by Gasteiger charge is -2.21. The molecule has 0 fully saturated rings. The molecule has 2 rings (SSSR count). The van der Waals surface area contributed by atoms with Crippen LogP contribution in [0.1, 0.15) is 11.1 Å². The molecule has 0 aliphatic heterocycles. The fourth-order valence-electron chi connectivity index (χ4n) is 1.91. The Morgan fingerprint density at radius 1 is 1.16 bits per heavy atom. The van der Waals surface area contributed by atoms with Crippen molar-refractivity contribution in [1.29, 1.82) is 0 Å². The van der Waals surface area contributed by atoms with Crippen LogP contribution in [0.5, 0.6) is 0 Å². The zero-order valence-corrected chi connectivity index (χ0v) is 13.1. The predicted octanol–water partition coefficient (Wildman–Crippen LogP) is 4.20. The van der Waals surface area contributed by atoms with Crippen LogP contribution in [0.15, 0.2) is 46.9 Å². The van der Waals surface area contributed by atoms with E-state index in [4.69, 9.17) is 17.3 Å². The van der Waals surface area contributed by atoms with Crippen LogP contribution in [0.25, 0.3) is 0 Å². The Balaban J connectivity index is 2.18. The average molecular weight is 340 g/mol. The molecule has 0 aliphatic rings. The second-order valence-electron chi connectivity index (χ2n) is 4.43. The van der Waals surface area contributed by atoms with Gasteiger partial charge in [0, 0.05) is 35.3 Å². The van der Waals surface area contributed by atoms with Gasteiger partial charge in [-0.25, -0.2) is 0 Å². The smallest absolute Gasteiger partial charge is 0.0471 e. The average Bonchev–Trinajstić information content (AvgIpc) is 2.41. The van der Waals surface area contributed by atoms with Crippen molar-refractivity contribution in [3.63, 3.8) is 0 Å². The number of anilines is 1. The van der Waals surface area contributed by atoms with Crippen LogP contribution in [0, 0.1) is 0 Å². The number of nitrogens with two attached hydrogens (primary N) is 1. The van der Waals surface area contributed by atoms with E-state index in [1.165, 1.54) is 5.56 Å². The van der Waals surface area contributed by atoms with Crippen molar-refractivity contribution >= 4 is 33.2 Å². The lowest BCUT2D eigenvalue weighted by Crippen LogP contribution is -2.16. The molecule has 0 unspecified atom stereocenters. The molecule has 2 aromatic rings. The summed E-state index contributed by atoms with van der Waals surface area (Å²) in [6, 6.07) is 14.2. The van der Waals surface area contributed by atoms with Crippen LogP contribution in [0.2, 0.25) is 5.02 Å². The summed E-state index contributed by atoms with van der Waals surface area (Å²) in [6.07, 6.45) is 0. The third kappa shape index (κ3) is 3.50. The van der Waals surface area contributed by atoms with E-state index in [-0.39, 0.29) is 0 Å². The number of hydrogen-bond acceptors (Lipinski definition) is 2. The molecule has 0 atom stereocenters. The minimum atomic E-state index is 0.465. The maximum atomic E-state index is 6.19. The third-order valence-corrected chi connectivity index (χ3v) is 4.19. The third-order valence-electron chi connectivity index (χ3n) is 3.06. The van der Waals surface area contributed by atoms with Gasteiger partial charge in [-0.05, 0) is 29.3 Å². The Morgan fingerprint density at radius 2 is 1.89 bits per heavy atom. The van der Waals surface area contributed by atoms with Crippen LogP contribution in [-0.4, -0.2) is 7.05 Å². The Morgan fingerprint density at radius 3 is 2.53 bits per heavy atom. The number of rotatable bonds is 4. The second kappa shape index (κ2) is 6.42. The van der Waals surface area contributed by atoms with Gasteiger partial charge in [0.1, 0.15) is 0 Å². The minimum absolute atomic E-state index is 0.465. The fourth-order valence-corrected chi connectivity index (χ4v) is 2.57. The molecule has 19 heavy (non-hydrogen) atoms. The van der Waals surface area contributed by atoms with Gasteiger partial charge in [-0.3, -0.25) is 0 Å².